The quantitative estimate of drug-likeness (QED) is 0.779. The van der Waals surface area contributed by atoms with Crippen molar-refractivity contribution in [3.63, 3.8) is 0 Å². The zero-order chi connectivity index (χ0) is 10.9. The zero-order valence-electron chi connectivity index (χ0n) is 10.0. The molecule has 1 N–H and O–H groups in total. The third-order valence-corrected chi connectivity index (χ3v) is 4.26. The van der Waals surface area contributed by atoms with Gasteiger partial charge in [0.25, 0.3) is 0 Å². The lowest BCUT2D eigenvalue weighted by Crippen LogP contribution is -2.54. The van der Waals surface area contributed by atoms with E-state index in [-0.39, 0.29) is 5.60 Å². The largest absolute Gasteiger partial charge is 0.389 e. The van der Waals surface area contributed by atoms with E-state index < -0.39 is 0 Å². The summed E-state index contributed by atoms with van der Waals surface area (Å²) in [6, 6.07) is 0. The Labute approximate surface area is 93.0 Å². The molecule has 0 aromatic rings. The van der Waals surface area contributed by atoms with E-state index in [0.717, 1.165) is 25.4 Å². The molecular weight excluding hydrogens is 188 g/mol. The summed E-state index contributed by atoms with van der Waals surface area (Å²) in [6.45, 7) is 5.12. The van der Waals surface area contributed by atoms with E-state index in [1.165, 1.54) is 25.7 Å². The zero-order valence-corrected chi connectivity index (χ0v) is 10.0. The van der Waals surface area contributed by atoms with Crippen LogP contribution < -0.4 is 0 Å². The monoisotopic (exact) mass is 212 g/mol. The van der Waals surface area contributed by atoms with Gasteiger partial charge in [-0.3, -0.25) is 0 Å². The van der Waals surface area contributed by atoms with Gasteiger partial charge in [0, 0.05) is 19.4 Å². The van der Waals surface area contributed by atoms with Crippen molar-refractivity contribution < 1.29 is 9.84 Å². The first-order chi connectivity index (χ1) is 7.14. The van der Waals surface area contributed by atoms with Crippen LogP contribution in [0.5, 0.6) is 0 Å². The molecule has 2 aliphatic rings. The van der Waals surface area contributed by atoms with E-state index >= 15 is 0 Å². The fourth-order valence-corrected chi connectivity index (χ4v) is 3.34. The van der Waals surface area contributed by atoms with E-state index in [1.54, 1.807) is 0 Å². The highest BCUT2D eigenvalue weighted by Crippen LogP contribution is 2.47. The highest BCUT2D eigenvalue weighted by Gasteiger charge is 2.49. The van der Waals surface area contributed by atoms with Gasteiger partial charge < -0.3 is 9.84 Å². The minimum Gasteiger partial charge on any atom is -0.389 e. The molecule has 15 heavy (non-hydrogen) atoms. The standard InChI is InChI=1S/C13H24O2/c1-3-15-12-8-13(14,9-12)11-6-4-5-10(2)7-11/h10-12,14H,3-9H2,1-2H3. The Bertz CT molecular complexity index is 209. The summed E-state index contributed by atoms with van der Waals surface area (Å²) >= 11 is 0. The molecule has 0 aliphatic heterocycles. The van der Waals surface area contributed by atoms with Gasteiger partial charge in [-0.25, -0.2) is 0 Å². The van der Waals surface area contributed by atoms with Gasteiger partial charge in [-0.15, -0.1) is 0 Å². The van der Waals surface area contributed by atoms with Crippen LogP contribution in [0.25, 0.3) is 0 Å². The Kier molecular flexibility index (Phi) is 3.36. The maximum Gasteiger partial charge on any atom is 0.0725 e. The van der Waals surface area contributed by atoms with Gasteiger partial charge in [0.15, 0.2) is 0 Å². The van der Waals surface area contributed by atoms with Crippen LogP contribution in [0.4, 0.5) is 0 Å². The van der Waals surface area contributed by atoms with Crippen molar-refractivity contribution in [2.75, 3.05) is 6.61 Å². The minimum atomic E-state index is -0.380. The Morgan fingerprint density at radius 1 is 1.33 bits per heavy atom. The summed E-state index contributed by atoms with van der Waals surface area (Å²) in [4.78, 5) is 0. The topological polar surface area (TPSA) is 29.5 Å². The molecule has 0 amide bonds. The Balaban J connectivity index is 1.83. The predicted molar refractivity (Wildman–Crippen MR) is 60.7 cm³/mol. The van der Waals surface area contributed by atoms with Crippen molar-refractivity contribution in [1.29, 1.82) is 0 Å². The molecule has 0 bridgehead atoms. The van der Waals surface area contributed by atoms with Crippen LogP contribution in [-0.4, -0.2) is 23.4 Å². The first kappa shape index (κ1) is 11.4. The van der Waals surface area contributed by atoms with Gasteiger partial charge in [0.1, 0.15) is 0 Å². The highest BCUT2D eigenvalue weighted by molar-refractivity contribution is 5.01. The van der Waals surface area contributed by atoms with Crippen LogP contribution in [0.1, 0.15) is 52.4 Å². The number of rotatable bonds is 3. The van der Waals surface area contributed by atoms with Crippen LogP contribution in [0.15, 0.2) is 0 Å². The summed E-state index contributed by atoms with van der Waals surface area (Å²) in [7, 11) is 0. The maximum absolute atomic E-state index is 10.5. The van der Waals surface area contributed by atoms with Gasteiger partial charge in [-0.05, 0) is 31.6 Å². The fraction of sp³-hybridized carbons (Fsp3) is 1.00. The van der Waals surface area contributed by atoms with Crippen molar-refractivity contribution in [2.45, 2.75) is 64.1 Å². The molecule has 2 atom stereocenters. The summed E-state index contributed by atoms with van der Waals surface area (Å²) in [5.41, 5.74) is -0.380. The first-order valence-electron chi connectivity index (χ1n) is 6.48. The SMILES string of the molecule is CCOC1CC(O)(C2CCCC(C)C2)C1. The van der Waals surface area contributed by atoms with Gasteiger partial charge >= 0.3 is 0 Å². The molecule has 2 nitrogen and oxygen atoms in total. The maximum atomic E-state index is 10.5. The fourth-order valence-electron chi connectivity index (χ4n) is 3.34. The number of hydrogen-bond donors (Lipinski definition) is 1. The smallest absolute Gasteiger partial charge is 0.0725 e. The summed E-state index contributed by atoms with van der Waals surface area (Å²) in [5, 5.41) is 10.5. The molecule has 0 radical (unpaired) electrons. The number of aliphatic hydroxyl groups is 1. The van der Waals surface area contributed by atoms with Crippen LogP contribution in [0.2, 0.25) is 0 Å². The second-order valence-electron chi connectivity index (χ2n) is 5.56. The lowest BCUT2D eigenvalue weighted by atomic mass is 9.63. The van der Waals surface area contributed by atoms with E-state index in [0.29, 0.717) is 12.0 Å². The van der Waals surface area contributed by atoms with Crippen LogP contribution in [0.3, 0.4) is 0 Å². The summed E-state index contributed by atoms with van der Waals surface area (Å²) in [5.74, 6) is 1.34. The Morgan fingerprint density at radius 2 is 2.07 bits per heavy atom. The molecule has 0 heterocycles. The highest BCUT2D eigenvalue weighted by atomic mass is 16.5. The van der Waals surface area contributed by atoms with Gasteiger partial charge in [0.05, 0.1) is 11.7 Å². The van der Waals surface area contributed by atoms with E-state index in [1.807, 2.05) is 6.92 Å². The van der Waals surface area contributed by atoms with Crippen molar-refractivity contribution in [3.05, 3.63) is 0 Å². The van der Waals surface area contributed by atoms with Crippen LogP contribution >= 0.6 is 0 Å². The van der Waals surface area contributed by atoms with Gasteiger partial charge in [-0.2, -0.15) is 0 Å². The molecule has 0 aromatic carbocycles. The summed E-state index contributed by atoms with van der Waals surface area (Å²) < 4.78 is 5.53. The molecular formula is C13H24O2. The molecule has 0 aromatic heterocycles. The lowest BCUT2D eigenvalue weighted by Gasteiger charge is -2.50. The minimum absolute atomic E-state index is 0.331. The first-order valence-corrected chi connectivity index (χ1v) is 6.48. The molecule has 2 rings (SSSR count). The van der Waals surface area contributed by atoms with Gasteiger partial charge in [-0.1, -0.05) is 19.8 Å². The average molecular weight is 212 g/mol. The van der Waals surface area contributed by atoms with Crippen LogP contribution in [-0.2, 0) is 4.74 Å². The molecule has 0 spiro atoms. The van der Waals surface area contributed by atoms with Crippen molar-refractivity contribution in [1.82, 2.24) is 0 Å². The van der Waals surface area contributed by atoms with Gasteiger partial charge in [0.2, 0.25) is 0 Å². The molecule has 88 valence electrons. The van der Waals surface area contributed by atoms with Crippen molar-refractivity contribution in [2.24, 2.45) is 11.8 Å². The molecule has 2 unspecified atom stereocenters. The average Bonchev–Trinajstić information content (AvgIpc) is 2.15. The molecule has 0 saturated heterocycles. The second-order valence-corrected chi connectivity index (χ2v) is 5.56. The normalized spacial score (nSPS) is 46.2. The predicted octanol–water partition coefficient (Wildman–Crippen LogP) is 2.74. The molecule has 2 saturated carbocycles. The number of ether oxygens (including phenoxy) is 1. The van der Waals surface area contributed by atoms with Crippen molar-refractivity contribution in [3.8, 4) is 0 Å². The molecule has 2 fully saturated rings. The van der Waals surface area contributed by atoms with E-state index in [4.69, 9.17) is 4.74 Å². The summed E-state index contributed by atoms with van der Waals surface area (Å²) in [6.07, 6.45) is 7.16. The number of hydrogen-bond acceptors (Lipinski definition) is 2. The van der Waals surface area contributed by atoms with Crippen LogP contribution in [0, 0.1) is 11.8 Å². The Morgan fingerprint density at radius 3 is 2.67 bits per heavy atom. The Hall–Kier alpha value is -0.0800. The van der Waals surface area contributed by atoms with E-state index in [9.17, 15) is 5.11 Å². The molecule has 2 aliphatic carbocycles. The third-order valence-electron chi connectivity index (χ3n) is 4.26. The van der Waals surface area contributed by atoms with E-state index in [2.05, 4.69) is 6.92 Å². The van der Waals surface area contributed by atoms with Crippen molar-refractivity contribution >= 4 is 0 Å². The lowest BCUT2D eigenvalue weighted by molar-refractivity contribution is -0.174. The molecule has 2 heteroatoms. The third kappa shape index (κ3) is 2.36. The second kappa shape index (κ2) is 4.42.